The maximum absolute atomic E-state index is 12.9. The second kappa shape index (κ2) is 9.94. The van der Waals surface area contributed by atoms with Crippen molar-refractivity contribution in [1.82, 2.24) is 15.3 Å². The second-order valence-corrected chi connectivity index (χ2v) is 7.47. The van der Waals surface area contributed by atoms with Crippen molar-refractivity contribution in [2.45, 2.75) is 25.7 Å². The van der Waals surface area contributed by atoms with E-state index in [4.69, 9.17) is 4.74 Å². The first-order valence-corrected chi connectivity index (χ1v) is 10.7. The molecule has 1 amide bonds. The number of carbonyl (C=O) groups excluding carboxylic acids is 1. The van der Waals surface area contributed by atoms with Gasteiger partial charge in [-0.3, -0.25) is 9.78 Å². The van der Waals surface area contributed by atoms with E-state index in [1.54, 1.807) is 6.20 Å². The summed E-state index contributed by atoms with van der Waals surface area (Å²) in [6.45, 7) is 3.17. The Bertz CT molecular complexity index is 1120. The van der Waals surface area contributed by atoms with Gasteiger partial charge in [0.05, 0.1) is 6.61 Å². The molecule has 0 unspecified atom stereocenters. The number of H-pyrrole nitrogens is 1. The van der Waals surface area contributed by atoms with Gasteiger partial charge in [-0.05, 0) is 48.4 Å². The number of carbonyl (C=O) groups is 1. The highest BCUT2D eigenvalue weighted by Crippen LogP contribution is 2.34. The molecule has 2 N–H and O–H groups in total. The van der Waals surface area contributed by atoms with E-state index in [9.17, 15) is 4.79 Å². The summed E-state index contributed by atoms with van der Waals surface area (Å²) in [4.78, 5) is 20.5. The zero-order valence-electron chi connectivity index (χ0n) is 17.7. The van der Waals surface area contributed by atoms with Gasteiger partial charge in [0.1, 0.15) is 5.75 Å². The predicted octanol–water partition coefficient (Wildman–Crippen LogP) is 4.84. The zero-order valence-corrected chi connectivity index (χ0v) is 17.7. The third kappa shape index (κ3) is 5.12. The quantitative estimate of drug-likeness (QED) is 0.412. The normalized spacial score (nSPS) is 11.9. The lowest BCUT2D eigenvalue weighted by atomic mass is 9.88. The number of rotatable bonds is 9. The fraction of sp³-hybridized carbons (Fsp3) is 0.231. The highest BCUT2D eigenvalue weighted by molar-refractivity contribution is 5.86. The maximum Gasteiger partial charge on any atom is 0.220 e. The van der Waals surface area contributed by atoms with E-state index in [0.717, 1.165) is 33.5 Å². The predicted molar refractivity (Wildman–Crippen MR) is 123 cm³/mol. The highest BCUT2D eigenvalue weighted by atomic mass is 16.5. The van der Waals surface area contributed by atoms with Crippen LogP contribution in [-0.2, 0) is 11.2 Å². The lowest BCUT2D eigenvalue weighted by Crippen LogP contribution is -2.27. The lowest BCUT2D eigenvalue weighted by molar-refractivity contribution is -0.121. The molecule has 0 saturated carbocycles. The van der Waals surface area contributed by atoms with E-state index in [0.29, 0.717) is 26.0 Å². The Morgan fingerprint density at radius 2 is 1.87 bits per heavy atom. The Kier molecular flexibility index (Phi) is 6.62. The zero-order chi connectivity index (χ0) is 21.5. The fourth-order valence-corrected chi connectivity index (χ4v) is 3.89. The van der Waals surface area contributed by atoms with Crippen LogP contribution in [0.15, 0.2) is 79.1 Å². The number of pyridine rings is 1. The van der Waals surface area contributed by atoms with Gasteiger partial charge in [-0.25, -0.2) is 0 Å². The molecule has 5 nitrogen and oxygen atoms in total. The SMILES string of the molecule is CCOc1ccc([C@@H](CC(=O)NCCc2ccccn2)c2c[nH]c3ccccc23)cc1. The van der Waals surface area contributed by atoms with Crippen LogP contribution in [0.1, 0.15) is 36.1 Å². The van der Waals surface area contributed by atoms with Crippen molar-refractivity contribution in [1.29, 1.82) is 0 Å². The van der Waals surface area contributed by atoms with E-state index in [1.807, 2.05) is 55.6 Å². The number of fused-ring (bicyclic) bond motifs is 1. The number of benzene rings is 2. The minimum Gasteiger partial charge on any atom is -0.494 e. The van der Waals surface area contributed by atoms with Gasteiger partial charge in [-0.15, -0.1) is 0 Å². The standard InChI is InChI=1S/C26H27N3O2/c1-2-31-21-12-10-19(11-13-21)23(24-18-29-25-9-4-3-8-22(24)25)17-26(30)28-16-14-20-7-5-6-15-27-20/h3-13,15,18,23,29H,2,14,16-17H2,1H3,(H,28,30)/t23-/m1/s1. The lowest BCUT2D eigenvalue weighted by Gasteiger charge is -2.18. The summed E-state index contributed by atoms with van der Waals surface area (Å²) in [5.74, 6) is 0.811. The number of hydrogen-bond donors (Lipinski definition) is 2. The molecule has 2 heterocycles. The Morgan fingerprint density at radius 1 is 1.06 bits per heavy atom. The number of amides is 1. The summed E-state index contributed by atoms with van der Waals surface area (Å²) in [6, 6.07) is 22.1. The van der Waals surface area contributed by atoms with Crippen molar-refractivity contribution in [3.05, 3.63) is 95.9 Å². The molecular weight excluding hydrogens is 386 g/mol. The van der Waals surface area contributed by atoms with Gasteiger partial charge in [0.15, 0.2) is 0 Å². The number of para-hydroxylation sites is 1. The minimum atomic E-state index is -0.0540. The smallest absolute Gasteiger partial charge is 0.220 e. The second-order valence-electron chi connectivity index (χ2n) is 7.47. The molecule has 0 saturated heterocycles. The van der Waals surface area contributed by atoms with Crippen LogP contribution in [0.3, 0.4) is 0 Å². The van der Waals surface area contributed by atoms with Gasteiger partial charge in [0.2, 0.25) is 5.91 Å². The summed E-state index contributed by atoms with van der Waals surface area (Å²) < 4.78 is 5.59. The van der Waals surface area contributed by atoms with Crippen molar-refractivity contribution < 1.29 is 9.53 Å². The monoisotopic (exact) mass is 413 g/mol. The number of aromatic amines is 1. The Balaban J connectivity index is 1.53. The summed E-state index contributed by atoms with van der Waals surface area (Å²) in [7, 11) is 0. The molecule has 5 heteroatoms. The van der Waals surface area contributed by atoms with Gasteiger partial charge in [-0.2, -0.15) is 0 Å². The third-order valence-electron chi connectivity index (χ3n) is 5.41. The molecule has 2 aromatic heterocycles. The van der Waals surface area contributed by atoms with Crippen molar-refractivity contribution in [3.63, 3.8) is 0 Å². The Hall–Kier alpha value is -3.60. The number of hydrogen-bond acceptors (Lipinski definition) is 3. The van der Waals surface area contributed by atoms with Crippen molar-refractivity contribution >= 4 is 16.8 Å². The number of nitrogens with one attached hydrogen (secondary N) is 2. The number of nitrogens with zero attached hydrogens (tertiary/aromatic N) is 1. The Morgan fingerprint density at radius 3 is 2.65 bits per heavy atom. The fourth-order valence-electron chi connectivity index (χ4n) is 3.89. The molecule has 0 aliphatic carbocycles. The van der Waals surface area contributed by atoms with E-state index in [1.165, 1.54) is 0 Å². The van der Waals surface area contributed by atoms with Gasteiger partial charge in [0, 0.05) is 54.3 Å². The molecule has 0 aliphatic rings. The summed E-state index contributed by atoms with van der Waals surface area (Å²) in [5, 5.41) is 4.20. The largest absolute Gasteiger partial charge is 0.494 e. The first-order valence-electron chi connectivity index (χ1n) is 10.7. The van der Waals surface area contributed by atoms with E-state index in [2.05, 4.69) is 39.6 Å². The topological polar surface area (TPSA) is 67.0 Å². The van der Waals surface area contributed by atoms with Gasteiger partial charge < -0.3 is 15.0 Å². The van der Waals surface area contributed by atoms with Crippen LogP contribution in [0.4, 0.5) is 0 Å². The molecule has 2 aromatic carbocycles. The first-order chi connectivity index (χ1) is 15.2. The van der Waals surface area contributed by atoms with Crippen LogP contribution in [0.2, 0.25) is 0 Å². The molecule has 0 spiro atoms. The van der Waals surface area contributed by atoms with Crippen LogP contribution >= 0.6 is 0 Å². The average Bonchev–Trinajstić information content (AvgIpc) is 3.23. The van der Waals surface area contributed by atoms with Crippen molar-refractivity contribution in [3.8, 4) is 5.75 Å². The van der Waals surface area contributed by atoms with Gasteiger partial charge >= 0.3 is 0 Å². The number of ether oxygens (including phenoxy) is 1. The average molecular weight is 414 g/mol. The van der Waals surface area contributed by atoms with Crippen LogP contribution < -0.4 is 10.1 Å². The molecule has 0 radical (unpaired) electrons. The Labute approximate surface area is 182 Å². The highest BCUT2D eigenvalue weighted by Gasteiger charge is 2.21. The molecule has 0 bridgehead atoms. The van der Waals surface area contributed by atoms with E-state index in [-0.39, 0.29) is 11.8 Å². The van der Waals surface area contributed by atoms with Crippen LogP contribution in [0.25, 0.3) is 10.9 Å². The van der Waals surface area contributed by atoms with Crippen molar-refractivity contribution in [2.24, 2.45) is 0 Å². The molecule has 31 heavy (non-hydrogen) atoms. The maximum atomic E-state index is 12.9. The molecule has 4 rings (SSSR count). The van der Waals surface area contributed by atoms with Gasteiger partial charge in [-0.1, -0.05) is 36.4 Å². The van der Waals surface area contributed by atoms with E-state index < -0.39 is 0 Å². The first kappa shape index (κ1) is 20.7. The molecule has 4 aromatic rings. The van der Waals surface area contributed by atoms with Gasteiger partial charge in [0.25, 0.3) is 0 Å². The van der Waals surface area contributed by atoms with Crippen LogP contribution in [0, 0.1) is 0 Å². The number of aromatic nitrogens is 2. The third-order valence-corrected chi connectivity index (χ3v) is 5.41. The summed E-state index contributed by atoms with van der Waals surface area (Å²) >= 11 is 0. The molecule has 0 fully saturated rings. The molecule has 0 aliphatic heterocycles. The van der Waals surface area contributed by atoms with Crippen molar-refractivity contribution in [2.75, 3.05) is 13.2 Å². The van der Waals surface area contributed by atoms with Crippen LogP contribution in [-0.4, -0.2) is 29.0 Å². The summed E-state index contributed by atoms with van der Waals surface area (Å²) in [6.07, 6.45) is 4.88. The van der Waals surface area contributed by atoms with E-state index >= 15 is 0 Å². The summed E-state index contributed by atoms with van der Waals surface area (Å²) in [5.41, 5.74) is 4.26. The molecule has 1 atom stereocenters. The molecular formula is C26H27N3O2. The van der Waals surface area contributed by atoms with Crippen LogP contribution in [0.5, 0.6) is 5.75 Å². The molecule has 158 valence electrons. The minimum absolute atomic E-state index is 0.0279.